The average Bonchev–Trinajstić information content (AvgIpc) is 3.33. The van der Waals surface area contributed by atoms with Gasteiger partial charge in [0.05, 0.1) is 40.3 Å². The highest BCUT2D eigenvalue weighted by Gasteiger charge is 2.25. The molecule has 8 heteroatoms. The number of rotatable bonds is 49. The van der Waals surface area contributed by atoms with Crippen LogP contribution >= 0.6 is 0 Å². The fourth-order valence-electron chi connectivity index (χ4n) is 7.62. The van der Waals surface area contributed by atoms with Crippen LogP contribution in [0.1, 0.15) is 213 Å². The molecule has 2 atom stereocenters. The van der Waals surface area contributed by atoms with Crippen molar-refractivity contribution in [3.8, 4) is 0 Å². The van der Waals surface area contributed by atoms with Crippen LogP contribution in [0.2, 0.25) is 0 Å². The third-order valence-corrected chi connectivity index (χ3v) is 11.9. The van der Waals surface area contributed by atoms with Gasteiger partial charge >= 0.3 is 11.9 Å². The molecule has 0 heterocycles. The van der Waals surface area contributed by atoms with Gasteiger partial charge < -0.3 is 28.6 Å². The van der Waals surface area contributed by atoms with E-state index in [9.17, 15) is 19.5 Å². The molecule has 0 bridgehead atoms. The number of carbonyl (C=O) groups excluding carboxylic acids is 3. The van der Waals surface area contributed by atoms with Gasteiger partial charge in [-0.1, -0.05) is 207 Å². The lowest BCUT2D eigenvalue weighted by atomic mass is 10.1. The van der Waals surface area contributed by atoms with Crippen molar-refractivity contribution in [3.63, 3.8) is 0 Å². The molecule has 0 amide bonds. The predicted molar refractivity (Wildman–Crippen MR) is 295 cm³/mol. The van der Waals surface area contributed by atoms with Crippen molar-refractivity contribution < 1.29 is 38.2 Å². The highest BCUT2D eigenvalue weighted by atomic mass is 16.6. The second kappa shape index (κ2) is 51.3. The van der Waals surface area contributed by atoms with E-state index in [1.54, 1.807) is 21.1 Å². The monoisotopic (exact) mass is 974 g/mol. The van der Waals surface area contributed by atoms with Crippen molar-refractivity contribution in [1.29, 1.82) is 0 Å². The van der Waals surface area contributed by atoms with Crippen molar-refractivity contribution in [2.45, 2.75) is 225 Å². The Bertz CT molecular complexity index is 1510. The number of carboxylic acids is 1. The van der Waals surface area contributed by atoms with Crippen LogP contribution in [0.15, 0.2) is 109 Å². The van der Waals surface area contributed by atoms with Gasteiger partial charge in [-0.05, 0) is 96.3 Å². The van der Waals surface area contributed by atoms with Crippen LogP contribution in [0.4, 0.5) is 0 Å². The molecular formula is C62H103NO7. The van der Waals surface area contributed by atoms with Gasteiger partial charge in [-0.3, -0.25) is 9.59 Å². The fraction of sp³-hybridized carbons (Fsp3) is 0.661. The van der Waals surface area contributed by atoms with Crippen LogP contribution in [-0.4, -0.2) is 75.5 Å². The van der Waals surface area contributed by atoms with Gasteiger partial charge in [-0.2, -0.15) is 0 Å². The molecule has 0 aromatic rings. The Kier molecular flexibility index (Phi) is 48.4. The molecule has 8 nitrogen and oxygen atoms in total. The minimum Gasteiger partial charge on any atom is -0.544 e. The first-order chi connectivity index (χ1) is 34.1. The van der Waals surface area contributed by atoms with Crippen LogP contribution < -0.4 is 5.11 Å². The second-order valence-corrected chi connectivity index (χ2v) is 19.4. The summed E-state index contributed by atoms with van der Waals surface area (Å²) < 4.78 is 17.2. The maximum Gasteiger partial charge on any atom is 0.306 e. The minimum absolute atomic E-state index is 0.00801. The third-order valence-electron chi connectivity index (χ3n) is 11.9. The van der Waals surface area contributed by atoms with Crippen LogP contribution in [0, 0.1) is 0 Å². The molecule has 398 valence electrons. The lowest BCUT2D eigenvalue weighted by Gasteiger charge is -2.34. The molecule has 2 unspecified atom stereocenters. The molecule has 0 saturated heterocycles. The number of ether oxygens (including phenoxy) is 3. The number of likely N-dealkylation sites (N-methyl/N-ethyl adjacent to an activating group) is 1. The van der Waals surface area contributed by atoms with E-state index in [1.165, 1.54) is 89.9 Å². The molecule has 0 fully saturated rings. The summed E-state index contributed by atoms with van der Waals surface area (Å²) in [6.45, 7) is 4.48. The number of nitrogens with zero attached hydrogens (tertiary/aromatic N) is 1. The molecule has 0 aliphatic heterocycles. The highest BCUT2D eigenvalue weighted by Crippen LogP contribution is 2.14. The number of hydrogen-bond acceptors (Lipinski definition) is 7. The first kappa shape index (κ1) is 66.0. The summed E-state index contributed by atoms with van der Waals surface area (Å²) in [5.74, 6) is -1.83. The Labute approximate surface area is 429 Å². The zero-order chi connectivity index (χ0) is 51.3. The molecule has 70 heavy (non-hydrogen) atoms. The number of unbranched alkanes of at least 4 members (excludes halogenated alkanes) is 17. The first-order valence-electron chi connectivity index (χ1n) is 27.9. The van der Waals surface area contributed by atoms with Gasteiger partial charge in [-0.25, -0.2) is 0 Å². The molecule has 0 spiro atoms. The van der Waals surface area contributed by atoms with E-state index < -0.39 is 18.1 Å². The number of allylic oxidation sites excluding steroid dienone is 18. The maximum absolute atomic E-state index is 12.8. The molecule has 0 saturated carbocycles. The van der Waals surface area contributed by atoms with Gasteiger partial charge in [0.25, 0.3) is 0 Å². The summed E-state index contributed by atoms with van der Waals surface area (Å²) >= 11 is 0. The summed E-state index contributed by atoms with van der Waals surface area (Å²) in [6.07, 6.45) is 71.4. The maximum atomic E-state index is 12.8. The van der Waals surface area contributed by atoms with Crippen molar-refractivity contribution in [1.82, 2.24) is 0 Å². The summed E-state index contributed by atoms with van der Waals surface area (Å²) in [5.41, 5.74) is 0. The van der Waals surface area contributed by atoms with Gasteiger partial charge in [0.2, 0.25) is 0 Å². The van der Waals surface area contributed by atoms with Gasteiger partial charge in [0, 0.05) is 19.3 Å². The van der Waals surface area contributed by atoms with E-state index in [-0.39, 0.29) is 49.1 Å². The number of esters is 2. The smallest absolute Gasteiger partial charge is 0.306 e. The van der Waals surface area contributed by atoms with Crippen LogP contribution in [0.25, 0.3) is 0 Å². The highest BCUT2D eigenvalue weighted by molar-refractivity contribution is 5.70. The standard InChI is InChI=1S/C62H103NO7/c1-6-8-10-12-14-16-18-20-22-24-26-28-30-32-34-36-38-40-42-44-46-48-50-52-60(64)69-57-58(56-68-55-54-59(62(66)67)63(3,4)5)70-61(65)53-51-49-47-45-43-41-39-37-35-33-31-29-27-25-23-21-19-17-15-13-11-9-7-2/h9,11,15,17,21,23,26-29,32-35,39,41,45,47,58-59H,6-8,10,12-14,16,18-20,22,24-25,30-31,36-38,40,42-44,46,48-57H2,1-5H3/b11-9+,17-15+,23-21+,28-26+,29-27+,34-32+,35-33+,41-39+,47-45+. The van der Waals surface area contributed by atoms with E-state index in [1.807, 2.05) is 0 Å². The second-order valence-electron chi connectivity index (χ2n) is 19.4. The zero-order valence-electron chi connectivity index (χ0n) is 45.4. The lowest BCUT2D eigenvalue weighted by Crippen LogP contribution is -2.55. The number of carbonyl (C=O) groups is 3. The lowest BCUT2D eigenvalue weighted by molar-refractivity contribution is -0.889. The molecule has 0 rings (SSSR count). The van der Waals surface area contributed by atoms with Crippen LogP contribution in [-0.2, 0) is 28.6 Å². The van der Waals surface area contributed by atoms with E-state index >= 15 is 0 Å². The van der Waals surface area contributed by atoms with Crippen molar-refractivity contribution in [2.75, 3.05) is 41.0 Å². The van der Waals surface area contributed by atoms with E-state index in [0.29, 0.717) is 12.8 Å². The minimum atomic E-state index is -1.14. The summed E-state index contributed by atoms with van der Waals surface area (Å²) in [7, 11) is 5.39. The molecule has 0 N–H and O–H groups in total. The summed E-state index contributed by atoms with van der Waals surface area (Å²) in [6, 6.07) is -0.745. The van der Waals surface area contributed by atoms with E-state index in [4.69, 9.17) is 14.2 Å². The van der Waals surface area contributed by atoms with Crippen molar-refractivity contribution in [2.24, 2.45) is 0 Å². The summed E-state index contributed by atoms with van der Waals surface area (Å²) in [5, 5.41) is 11.7. The number of hydrogen-bond donors (Lipinski definition) is 0. The molecule has 0 aliphatic rings. The molecule has 0 aromatic carbocycles. The topological polar surface area (TPSA) is 102 Å². The SMILES string of the molecule is CC/C=C/C/C=C/C/C=C/C/C=C/C/C=C/C/C=C/C/C=C/CCCC(=O)OC(COCCC(C(=O)[O-])[N+](C)(C)C)COC(=O)CCCCCCCCC/C=C/C/C=C/CCCCCCCCCCC. The number of aliphatic carboxylic acids is 1. The fourth-order valence-corrected chi connectivity index (χ4v) is 7.62. The summed E-state index contributed by atoms with van der Waals surface area (Å²) in [4.78, 5) is 37.1. The Balaban J connectivity index is 4.34. The molecule has 0 aliphatic carbocycles. The molecule has 0 aromatic heterocycles. The zero-order valence-corrected chi connectivity index (χ0v) is 45.4. The third kappa shape index (κ3) is 49.0. The molecule has 0 radical (unpaired) electrons. The van der Waals surface area contributed by atoms with E-state index in [2.05, 4.69) is 123 Å². The normalized spacial score (nSPS) is 13.7. The van der Waals surface area contributed by atoms with Gasteiger partial charge in [0.1, 0.15) is 12.6 Å². The van der Waals surface area contributed by atoms with Crippen LogP contribution in [0.5, 0.6) is 0 Å². The quantitative estimate of drug-likeness (QED) is 0.0259. The Morgan fingerprint density at radius 3 is 1.23 bits per heavy atom. The number of quaternary nitrogens is 1. The number of carboxylic acid groups (broad SMARTS) is 1. The largest absolute Gasteiger partial charge is 0.544 e. The van der Waals surface area contributed by atoms with Crippen molar-refractivity contribution >= 4 is 17.9 Å². The Morgan fingerprint density at radius 2 is 0.814 bits per heavy atom. The average molecular weight is 975 g/mol. The van der Waals surface area contributed by atoms with Gasteiger partial charge in [-0.15, -0.1) is 0 Å². The Morgan fingerprint density at radius 1 is 0.443 bits per heavy atom. The van der Waals surface area contributed by atoms with Gasteiger partial charge in [0.15, 0.2) is 6.10 Å². The Hall–Kier alpha value is -4.01. The molecular weight excluding hydrogens is 871 g/mol. The first-order valence-corrected chi connectivity index (χ1v) is 27.9. The van der Waals surface area contributed by atoms with E-state index in [0.717, 1.165) is 83.5 Å². The van der Waals surface area contributed by atoms with Crippen LogP contribution in [0.3, 0.4) is 0 Å². The van der Waals surface area contributed by atoms with Crippen molar-refractivity contribution in [3.05, 3.63) is 109 Å². The predicted octanol–water partition coefficient (Wildman–Crippen LogP) is 15.4.